The smallest absolute Gasteiger partial charge is 0.306 e. The molecule has 6 nitrogen and oxygen atoms in total. The van der Waals surface area contributed by atoms with Crippen molar-refractivity contribution >= 4 is 23.5 Å². The minimum Gasteiger partial charge on any atom is -0.466 e. The summed E-state index contributed by atoms with van der Waals surface area (Å²) in [6.07, 6.45) is 2.09. The van der Waals surface area contributed by atoms with Crippen molar-refractivity contribution in [2.45, 2.75) is 39.5 Å². The molecule has 0 aliphatic heterocycles. The van der Waals surface area contributed by atoms with E-state index in [4.69, 9.17) is 4.74 Å². The molecule has 6 heteroatoms. The third-order valence-corrected chi connectivity index (χ3v) is 3.11. The Morgan fingerprint density at radius 3 is 2.35 bits per heavy atom. The molecular weight excluding hydrogens is 296 g/mol. The number of carbonyl (C=O) groups is 3. The van der Waals surface area contributed by atoms with Crippen LogP contribution < -0.4 is 10.6 Å². The Kier molecular flexibility index (Phi) is 8.42. The Hall–Kier alpha value is -2.37. The number of ether oxygens (including phenoxy) is 1. The molecule has 126 valence electrons. The van der Waals surface area contributed by atoms with Crippen LogP contribution in [0, 0.1) is 0 Å². The number of hydrogen-bond acceptors (Lipinski definition) is 4. The third-order valence-electron chi connectivity index (χ3n) is 3.11. The largest absolute Gasteiger partial charge is 0.466 e. The molecule has 0 heterocycles. The molecule has 0 aliphatic carbocycles. The van der Waals surface area contributed by atoms with E-state index in [1.807, 2.05) is 0 Å². The maximum Gasteiger partial charge on any atom is 0.306 e. The quantitative estimate of drug-likeness (QED) is 0.541. The van der Waals surface area contributed by atoms with Crippen LogP contribution in [0.15, 0.2) is 24.3 Å². The third kappa shape index (κ3) is 7.44. The minimum atomic E-state index is -0.387. The molecule has 1 aromatic rings. The molecule has 2 amide bonds. The Morgan fingerprint density at radius 1 is 1.04 bits per heavy atom. The lowest BCUT2D eigenvalue weighted by Gasteiger charge is -2.07. The second kappa shape index (κ2) is 10.4. The summed E-state index contributed by atoms with van der Waals surface area (Å²) in [6.45, 7) is 4.74. The van der Waals surface area contributed by atoms with Crippen LogP contribution in [0.4, 0.5) is 5.69 Å². The first-order chi connectivity index (χ1) is 11.1. The fourth-order valence-corrected chi connectivity index (χ4v) is 1.86. The Morgan fingerprint density at radius 2 is 1.74 bits per heavy atom. The van der Waals surface area contributed by atoms with E-state index in [2.05, 4.69) is 17.6 Å². The van der Waals surface area contributed by atoms with Crippen LogP contribution in [-0.4, -0.2) is 30.9 Å². The Balaban J connectivity index is 2.42. The number of unbranched alkanes of at least 4 members (excludes halogenated alkanes) is 1. The lowest BCUT2D eigenvalue weighted by molar-refractivity contribution is -0.144. The molecule has 0 saturated carbocycles. The van der Waals surface area contributed by atoms with Gasteiger partial charge >= 0.3 is 5.97 Å². The maximum absolute atomic E-state index is 11.8. The highest BCUT2D eigenvalue weighted by molar-refractivity contribution is 5.96. The zero-order chi connectivity index (χ0) is 17.1. The van der Waals surface area contributed by atoms with E-state index in [1.165, 1.54) is 0 Å². The summed E-state index contributed by atoms with van der Waals surface area (Å²) in [7, 11) is 0. The fraction of sp³-hybridized carbons (Fsp3) is 0.471. The van der Waals surface area contributed by atoms with Gasteiger partial charge in [-0.15, -0.1) is 0 Å². The Bertz CT molecular complexity index is 526. The number of esters is 1. The second-order valence-corrected chi connectivity index (χ2v) is 5.04. The van der Waals surface area contributed by atoms with Crippen molar-refractivity contribution in [1.82, 2.24) is 5.32 Å². The molecule has 0 bridgehead atoms. The van der Waals surface area contributed by atoms with Gasteiger partial charge in [-0.2, -0.15) is 0 Å². The van der Waals surface area contributed by atoms with E-state index in [9.17, 15) is 14.4 Å². The normalized spacial score (nSPS) is 10.0. The summed E-state index contributed by atoms with van der Waals surface area (Å²) in [4.78, 5) is 34.7. The molecule has 0 aliphatic rings. The predicted octanol–water partition coefficient (Wildman–Crippen LogP) is 2.50. The highest BCUT2D eigenvalue weighted by atomic mass is 16.5. The summed E-state index contributed by atoms with van der Waals surface area (Å²) in [5.41, 5.74) is 1.13. The summed E-state index contributed by atoms with van der Waals surface area (Å²) in [5.74, 6) is -0.779. The van der Waals surface area contributed by atoms with Gasteiger partial charge in [0.2, 0.25) is 5.91 Å². The molecule has 0 saturated heterocycles. The van der Waals surface area contributed by atoms with Gasteiger partial charge in [-0.3, -0.25) is 14.4 Å². The predicted molar refractivity (Wildman–Crippen MR) is 88.2 cm³/mol. The molecule has 0 spiro atoms. The highest BCUT2D eigenvalue weighted by Gasteiger charge is 2.09. The van der Waals surface area contributed by atoms with Crippen LogP contribution in [0.2, 0.25) is 0 Å². The number of rotatable bonds is 9. The SMILES string of the molecule is CCCCNC(=O)c1ccc(NC(=O)CCC(=O)OCC)cc1. The lowest BCUT2D eigenvalue weighted by atomic mass is 10.2. The molecule has 0 aromatic heterocycles. The van der Waals surface area contributed by atoms with E-state index in [1.54, 1.807) is 31.2 Å². The van der Waals surface area contributed by atoms with Crippen molar-refractivity contribution in [1.29, 1.82) is 0 Å². The van der Waals surface area contributed by atoms with Crippen LogP contribution in [0.3, 0.4) is 0 Å². The molecule has 0 fully saturated rings. The lowest BCUT2D eigenvalue weighted by Crippen LogP contribution is -2.24. The van der Waals surface area contributed by atoms with Crippen molar-refractivity contribution in [2.24, 2.45) is 0 Å². The van der Waals surface area contributed by atoms with Crippen molar-refractivity contribution in [2.75, 3.05) is 18.5 Å². The van der Waals surface area contributed by atoms with Crippen LogP contribution in [-0.2, 0) is 14.3 Å². The summed E-state index contributed by atoms with van der Waals surface area (Å²) < 4.78 is 4.76. The van der Waals surface area contributed by atoms with Gasteiger partial charge in [-0.25, -0.2) is 0 Å². The van der Waals surface area contributed by atoms with Crippen molar-refractivity contribution in [3.05, 3.63) is 29.8 Å². The van der Waals surface area contributed by atoms with E-state index < -0.39 is 0 Å². The molecular formula is C17H24N2O4. The van der Waals surface area contributed by atoms with E-state index in [-0.39, 0.29) is 30.6 Å². The minimum absolute atomic E-state index is 0.0532. The number of nitrogens with one attached hydrogen (secondary N) is 2. The van der Waals surface area contributed by atoms with Gasteiger partial charge in [0.1, 0.15) is 0 Å². The van der Waals surface area contributed by atoms with Crippen molar-refractivity contribution < 1.29 is 19.1 Å². The number of amides is 2. The monoisotopic (exact) mass is 320 g/mol. The van der Waals surface area contributed by atoms with Gasteiger partial charge in [0, 0.05) is 24.2 Å². The molecule has 0 unspecified atom stereocenters. The number of anilines is 1. The first-order valence-electron chi connectivity index (χ1n) is 7.90. The number of hydrogen-bond donors (Lipinski definition) is 2. The second-order valence-electron chi connectivity index (χ2n) is 5.04. The first kappa shape index (κ1) is 18.7. The van der Waals surface area contributed by atoms with Gasteiger partial charge in [0.25, 0.3) is 5.91 Å². The van der Waals surface area contributed by atoms with Crippen LogP contribution in [0.1, 0.15) is 49.9 Å². The summed E-state index contributed by atoms with van der Waals surface area (Å²) in [5, 5.41) is 5.51. The van der Waals surface area contributed by atoms with Crippen molar-refractivity contribution in [3.63, 3.8) is 0 Å². The average molecular weight is 320 g/mol. The number of carbonyl (C=O) groups excluding carboxylic acids is 3. The average Bonchev–Trinajstić information content (AvgIpc) is 2.54. The van der Waals surface area contributed by atoms with E-state index >= 15 is 0 Å². The zero-order valence-electron chi connectivity index (χ0n) is 13.7. The summed E-state index contributed by atoms with van der Waals surface area (Å²) in [6, 6.07) is 6.64. The molecule has 0 radical (unpaired) electrons. The summed E-state index contributed by atoms with van der Waals surface area (Å²) >= 11 is 0. The fourth-order valence-electron chi connectivity index (χ4n) is 1.86. The molecule has 0 atom stereocenters. The van der Waals surface area contributed by atoms with Crippen LogP contribution in [0.25, 0.3) is 0 Å². The Labute approximate surface area is 136 Å². The molecule has 1 rings (SSSR count). The van der Waals surface area contributed by atoms with Crippen molar-refractivity contribution in [3.8, 4) is 0 Å². The van der Waals surface area contributed by atoms with Gasteiger partial charge in [-0.05, 0) is 37.6 Å². The molecule has 1 aromatic carbocycles. The topological polar surface area (TPSA) is 84.5 Å². The number of benzene rings is 1. The van der Waals surface area contributed by atoms with Gasteiger partial charge < -0.3 is 15.4 Å². The van der Waals surface area contributed by atoms with Gasteiger partial charge in [0.05, 0.1) is 13.0 Å². The standard InChI is InChI=1S/C17H24N2O4/c1-3-5-12-18-17(22)13-6-8-14(9-7-13)19-15(20)10-11-16(21)23-4-2/h6-9H,3-5,10-12H2,1-2H3,(H,18,22)(H,19,20). The van der Waals surface area contributed by atoms with E-state index in [0.717, 1.165) is 12.8 Å². The maximum atomic E-state index is 11.8. The molecule has 2 N–H and O–H groups in total. The first-order valence-corrected chi connectivity index (χ1v) is 7.90. The van der Waals surface area contributed by atoms with Gasteiger partial charge in [-0.1, -0.05) is 13.3 Å². The van der Waals surface area contributed by atoms with Gasteiger partial charge in [0.15, 0.2) is 0 Å². The van der Waals surface area contributed by atoms with Crippen LogP contribution >= 0.6 is 0 Å². The zero-order valence-corrected chi connectivity index (χ0v) is 13.7. The van der Waals surface area contributed by atoms with E-state index in [0.29, 0.717) is 24.4 Å². The van der Waals surface area contributed by atoms with Crippen LogP contribution in [0.5, 0.6) is 0 Å². The highest BCUT2D eigenvalue weighted by Crippen LogP contribution is 2.10. The molecule has 23 heavy (non-hydrogen) atoms.